The lowest BCUT2D eigenvalue weighted by molar-refractivity contribution is 0.137. The van der Waals surface area contributed by atoms with E-state index in [2.05, 4.69) is 4.98 Å². The van der Waals surface area contributed by atoms with Crippen LogP contribution >= 0.6 is 0 Å². The minimum Gasteiger partial charge on any atom is -0.391 e. The second-order valence-electron chi connectivity index (χ2n) is 4.96. The molecule has 1 N–H and O–H groups in total. The van der Waals surface area contributed by atoms with Gasteiger partial charge in [-0.2, -0.15) is 0 Å². The lowest BCUT2D eigenvalue weighted by Crippen LogP contribution is -2.41. The van der Waals surface area contributed by atoms with Gasteiger partial charge in [-0.25, -0.2) is 8.42 Å². The Bertz CT molecular complexity index is 486. The third kappa shape index (κ3) is 2.72. The molecule has 1 fully saturated rings. The molecule has 1 aliphatic heterocycles. The Morgan fingerprint density at radius 1 is 1.33 bits per heavy atom. The number of nitrogens with zero attached hydrogens (tertiary/aromatic N) is 1. The molecule has 5 heteroatoms. The van der Waals surface area contributed by atoms with Gasteiger partial charge in [-0.15, -0.1) is 0 Å². The van der Waals surface area contributed by atoms with Gasteiger partial charge in [-0.05, 0) is 30.5 Å². The first kappa shape index (κ1) is 13.5. The zero-order valence-corrected chi connectivity index (χ0v) is 11.3. The number of rotatable bonds is 3. The summed E-state index contributed by atoms with van der Waals surface area (Å²) < 4.78 is 24.0. The van der Waals surface area contributed by atoms with Crippen LogP contribution in [0.5, 0.6) is 0 Å². The second-order valence-corrected chi connectivity index (χ2v) is 7.30. The number of sulfone groups is 1. The maximum atomic E-state index is 12.0. The van der Waals surface area contributed by atoms with Crippen molar-refractivity contribution in [3.63, 3.8) is 0 Å². The van der Waals surface area contributed by atoms with Crippen molar-refractivity contribution in [3.05, 3.63) is 30.1 Å². The maximum Gasteiger partial charge on any atom is 0.155 e. The van der Waals surface area contributed by atoms with Crippen LogP contribution in [0, 0.1) is 0 Å². The molecule has 0 aromatic carbocycles. The lowest BCUT2D eigenvalue weighted by atomic mass is 9.92. The second kappa shape index (κ2) is 5.36. The molecule has 4 nitrogen and oxygen atoms in total. The van der Waals surface area contributed by atoms with Crippen LogP contribution < -0.4 is 0 Å². The number of aromatic nitrogens is 1. The first-order chi connectivity index (χ1) is 8.52. The smallest absolute Gasteiger partial charge is 0.155 e. The number of hydrogen-bond acceptors (Lipinski definition) is 4. The molecule has 2 rings (SSSR count). The molecule has 0 radical (unpaired) electrons. The maximum absolute atomic E-state index is 12.0. The van der Waals surface area contributed by atoms with Crippen molar-refractivity contribution in [2.24, 2.45) is 0 Å². The third-order valence-corrected chi connectivity index (χ3v) is 6.05. The number of pyridine rings is 1. The van der Waals surface area contributed by atoms with Gasteiger partial charge in [0.25, 0.3) is 0 Å². The first-order valence-electron chi connectivity index (χ1n) is 6.32. The Balaban J connectivity index is 2.18. The fourth-order valence-electron chi connectivity index (χ4n) is 2.55. The van der Waals surface area contributed by atoms with E-state index < -0.39 is 21.2 Å². The summed E-state index contributed by atoms with van der Waals surface area (Å²) in [5, 5.41) is 9.72. The summed E-state index contributed by atoms with van der Waals surface area (Å²) in [6.45, 7) is 1.87. The van der Waals surface area contributed by atoms with Gasteiger partial charge in [-0.1, -0.05) is 13.3 Å². The normalized spacial score (nSPS) is 26.4. The topological polar surface area (TPSA) is 67.3 Å². The van der Waals surface area contributed by atoms with Crippen LogP contribution in [0.25, 0.3) is 0 Å². The van der Waals surface area contributed by atoms with Gasteiger partial charge in [0.05, 0.1) is 17.1 Å². The van der Waals surface area contributed by atoms with Crippen LogP contribution in [0.2, 0.25) is 0 Å². The van der Waals surface area contributed by atoms with Gasteiger partial charge in [-0.3, -0.25) is 4.98 Å². The van der Waals surface area contributed by atoms with E-state index >= 15 is 0 Å². The highest BCUT2D eigenvalue weighted by Gasteiger charge is 2.37. The Hall–Kier alpha value is -0.940. The molecule has 1 aromatic heterocycles. The summed E-state index contributed by atoms with van der Waals surface area (Å²) in [6.07, 6.45) is 4.65. The molecule has 18 heavy (non-hydrogen) atoms. The highest BCUT2D eigenvalue weighted by Crippen LogP contribution is 2.29. The van der Waals surface area contributed by atoms with Gasteiger partial charge < -0.3 is 5.11 Å². The number of aliphatic hydroxyl groups is 1. The Morgan fingerprint density at radius 2 is 2.00 bits per heavy atom. The monoisotopic (exact) mass is 269 g/mol. The third-order valence-electron chi connectivity index (χ3n) is 3.75. The van der Waals surface area contributed by atoms with E-state index in [1.165, 1.54) is 0 Å². The zero-order chi connectivity index (χ0) is 13.2. The van der Waals surface area contributed by atoms with Gasteiger partial charge >= 0.3 is 0 Å². The highest BCUT2D eigenvalue weighted by atomic mass is 32.2. The molecule has 0 amide bonds. The zero-order valence-electron chi connectivity index (χ0n) is 10.5. The molecule has 1 aliphatic rings. The van der Waals surface area contributed by atoms with Gasteiger partial charge in [0.1, 0.15) is 0 Å². The van der Waals surface area contributed by atoms with Crippen LogP contribution in [0.15, 0.2) is 24.5 Å². The molecule has 0 aliphatic carbocycles. The number of hydrogen-bond donors (Lipinski definition) is 1. The summed E-state index contributed by atoms with van der Waals surface area (Å²) in [5.41, 5.74) is 0.929. The van der Waals surface area contributed by atoms with Crippen molar-refractivity contribution < 1.29 is 13.5 Å². The molecule has 3 atom stereocenters. The van der Waals surface area contributed by atoms with Crippen molar-refractivity contribution in [1.82, 2.24) is 4.98 Å². The summed E-state index contributed by atoms with van der Waals surface area (Å²) in [6, 6.07) is 3.65. The van der Waals surface area contributed by atoms with Crippen molar-refractivity contribution >= 4 is 9.84 Å². The fraction of sp³-hybridized carbons (Fsp3) is 0.615. The predicted octanol–water partition coefficient (Wildman–Crippen LogP) is 1.51. The molecule has 0 bridgehead atoms. The van der Waals surface area contributed by atoms with Crippen molar-refractivity contribution in [2.45, 2.75) is 43.5 Å². The van der Waals surface area contributed by atoms with Gasteiger partial charge in [0.15, 0.2) is 9.84 Å². The van der Waals surface area contributed by atoms with E-state index in [4.69, 9.17) is 0 Å². The van der Waals surface area contributed by atoms with E-state index in [0.717, 1.165) is 18.4 Å². The molecule has 1 saturated heterocycles. The minimum absolute atomic E-state index is 0.189. The average molecular weight is 269 g/mol. The van der Waals surface area contributed by atoms with E-state index in [-0.39, 0.29) is 11.7 Å². The molecular formula is C13H19NO3S. The van der Waals surface area contributed by atoms with Crippen LogP contribution in [0.1, 0.15) is 37.7 Å². The van der Waals surface area contributed by atoms with Crippen LogP contribution in [0.4, 0.5) is 0 Å². The van der Waals surface area contributed by atoms with Crippen LogP contribution in [0.3, 0.4) is 0 Å². The number of aliphatic hydroxyl groups excluding tert-OH is 1. The van der Waals surface area contributed by atoms with Crippen molar-refractivity contribution in [1.29, 1.82) is 0 Å². The van der Waals surface area contributed by atoms with Gasteiger partial charge in [0, 0.05) is 18.3 Å². The fourth-order valence-corrected chi connectivity index (χ4v) is 4.64. The predicted molar refractivity (Wildman–Crippen MR) is 70.1 cm³/mol. The summed E-state index contributed by atoms with van der Waals surface area (Å²) >= 11 is 0. The molecule has 100 valence electrons. The summed E-state index contributed by atoms with van der Waals surface area (Å²) in [4.78, 5) is 3.93. The van der Waals surface area contributed by atoms with E-state index in [9.17, 15) is 13.5 Å². The van der Waals surface area contributed by atoms with Crippen molar-refractivity contribution in [3.8, 4) is 0 Å². The SMILES string of the molecule is CC(c1ccncc1)C(O)C1CCCCS1(=O)=O. The van der Waals surface area contributed by atoms with E-state index in [1.807, 2.05) is 19.1 Å². The minimum atomic E-state index is -3.14. The molecule has 1 aromatic rings. The Labute approximate surface area is 108 Å². The van der Waals surface area contributed by atoms with E-state index in [0.29, 0.717) is 6.42 Å². The van der Waals surface area contributed by atoms with E-state index in [1.54, 1.807) is 12.4 Å². The lowest BCUT2D eigenvalue weighted by Gasteiger charge is -2.30. The highest BCUT2D eigenvalue weighted by molar-refractivity contribution is 7.92. The summed E-state index contributed by atoms with van der Waals surface area (Å²) in [5.74, 6) is 0.0171. The van der Waals surface area contributed by atoms with Crippen molar-refractivity contribution in [2.75, 3.05) is 5.75 Å². The van der Waals surface area contributed by atoms with Crippen LogP contribution in [-0.2, 0) is 9.84 Å². The summed E-state index contributed by atoms with van der Waals surface area (Å²) in [7, 11) is -3.14. The molecule has 0 saturated carbocycles. The Morgan fingerprint density at radius 3 is 2.61 bits per heavy atom. The molecule has 3 unspecified atom stereocenters. The molecule has 2 heterocycles. The first-order valence-corrected chi connectivity index (χ1v) is 8.03. The Kier molecular flexibility index (Phi) is 4.02. The quantitative estimate of drug-likeness (QED) is 0.903. The largest absolute Gasteiger partial charge is 0.391 e. The molecular weight excluding hydrogens is 250 g/mol. The molecule has 0 spiro atoms. The van der Waals surface area contributed by atoms with Gasteiger partial charge in [0.2, 0.25) is 0 Å². The van der Waals surface area contributed by atoms with Crippen LogP contribution in [-0.4, -0.2) is 35.6 Å². The standard InChI is InChI=1S/C13H19NO3S/c1-10(11-5-7-14-8-6-11)13(15)12-4-2-3-9-18(12,16)17/h5-8,10,12-13,15H,2-4,9H2,1H3. The average Bonchev–Trinajstić information content (AvgIpc) is 2.37.